The first-order valence-electron chi connectivity index (χ1n) is 0. The zero-order chi connectivity index (χ0) is 0. The van der Waals surface area contributed by atoms with E-state index in [2.05, 4.69) is 0 Å². The van der Waals surface area contributed by atoms with Crippen LogP contribution in [0.2, 0.25) is 0 Å². The Balaban J connectivity index is 0. The Hall–Kier alpha value is 1.40. The van der Waals surface area contributed by atoms with Gasteiger partial charge in [0, 0.05) is 0 Å². The number of hydrogen-bond donors (Lipinski definition) is 0. The molecule has 0 unspecified atom stereocenters. The average Bonchev–Trinajstić information content (AvgIpc) is 0. The molecule has 0 spiro atoms. The molecule has 4 heteroatoms. The molecule has 0 rings (SSSR count). The van der Waals surface area contributed by atoms with Gasteiger partial charge >= 0.3 is 1.43 Å². The number of halogens is 3. The fourth-order valence-electron chi connectivity index (χ4n) is 0. The van der Waals surface area contributed by atoms with Crippen LogP contribution in [0, 0.1) is 0 Å². The van der Waals surface area contributed by atoms with Crippen LogP contribution >= 0.6 is 37.2 Å². The fraction of sp³-hybridized carbons (Fsp3) is 0. The third-order valence-corrected chi connectivity index (χ3v) is 0. The van der Waals surface area contributed by atoms with Gasteiger partial charge in [0.25, 0.3) is 0 Å². The van der Waals surface area contributed by atoms with E-state index in [9.17, 15) is 0 Å². The Bertz CT molecular complexity index is 6.85. The predicted molar refractivity (Wildman–Crippen MR) is 32.8 cm³/mol. The molecule has 0 radical (unpaired) electrons. The first kappa shape index (κ1) is 53.2. The fourth-order valence-corrected chi connectivity index (χ4v) is 0. The summed E-state index contributed by atoms with van der Waals surface area (Å²) in [5.41, 5.74) is 0. The average molecular weight is 140 g/mol. The van der Waals surface area contributed by atoms with Crippen molar-refractivity contribution in [1.29, 1.82) is 0 Å². The van der Waals surface area contributed by atoms with Crippen molar-refractivity contribution in [2.24, 2.45) is 0 Å². The van der Waals surface area contributed by atoms with Crippen molar-refractivity contribution in [2.45, 2.75) is 0 Å². The van der Waals surface area contributed by atoms with E-state index in [1.54, 1.807) is 0 Å². The van der Waals surface area contributed by atoms with Crippen LogP contribution in [0.25, 0.3) is 0 Å². The van der Waals surface area contributed by atoms with Crippen molar-refractivity contribution in [1.82, 2.24) is 0 Å². The molecule has 0 bridgehead atoms. The van der Waals surface area contributed by atoms with E-state index < -0.39 is 0 Å². The minimum Gasteiger partial charge on any atom is -0.147 e. The second kappa shape index (κ2) is 25.9. The van der Waals surface area contributed by atoms with Crippen LogP contribution in [-0.2, 0) is 0 Å². The molecule has 0 aromatic heterocycles. The lowest BCUT2D eigenvalue weighted by atomic mass is 27.0. The maximum atomic E-state index is 0. The minimum atomic E-state index is 0. The summed E-state index contributed by atoms with van der Waals surface area (Å²) in [5.74, 6) is 0. The van der Waals surface area contributed by atoms with Gasteiger partial charge < -0.3 is 0 Å². The summed E-state index contributed by atoms with van der Waals surface area (Å²) in [6.45, 7) is 0. The highest BCUT2D eigenvalue weighted by molar-refractivity contribution is 5.86. The van der Waals surface area contributed by atoms with Gasteiger partial charge in [-0.05, 0) is 0 Å². The van der Waals surface area contributed by atoms with Crippen LogP contribution in [0.1, 0.15) is 1.43 Å². The van der Waals surface area contributed by atoms with Gasteiger partial charge in [0.2, 0.25) is 0 Å². The molecule has 0 aromatic rings. The maximum absolute atomic E-state index is 0. The van der Waals surface area contributed by atoms with Gasteiger partial charge in [-0.15, -0.1) is 37.2 Å². The van der Waals surface area contributed by atoms with Gasteiger partial charge in [0.05, 0.1) is 0 Å². The quantitative estimate of drug-likeness (QED) is 0.422. The third-order valence-electron chi connectivity index (χ3n) is 0. The molecule has 30 valence electrons. The first-order chi connectivity index (χ1) is 0. The lowest BCUT2D eigenvalue weighted by Crippen LogP contribution is -0.381. The van der Waals surface area contributed by atoms with Gasteiger partial charge in [-0.25, -0.2) is 0 Å². The van der Waals surface area contributed by atoms with Crippen molar-refractivity contribution >= 4 is 54.6 Å². The molecule has 0 atom stereocenters. The molecule has 0 aliphatic rings. The molecule has 0 aliphatic heterocycles. The van der Waals surface area contributed by atoms with Crippen LogP contribution in [0.15, 0.2) is 0 Å². The Labute approximate surface area is 56.2 Å². The summed E-state index contributed by atoms with van der Waals surface area (Å²) in [6, 6.07) is 0. The summed E-state index contributed by atoms with van der Waals surface area (Å²) >= 11 is 0. The second-order valence-electron chi connectivity index (χ2n) is 0. The van der Waals surface area contributed by atoms with Gasteiger partial charge in [-0.1, -0.05) is 0 Å². The monoisotopic (exact) mass is 139 g/mol. The van der Waals surface area contributed by atoms with E-state index in [1.807, 2.05) is 0 Å². The Morgan fingerprint density at radius 2 is 0.750 bits per heavy atom. The standard InChI is InChI=1S/Al.3ClH.3H/h;3*1H;;;/p+1. The SMILES string of the molecule is Cl.Cl.Cl.[AlH3].[H+]. The highest BCUT2D eigenvalue weighted by atomic mass is 35.5. The summed E-state index contributed by atoms with van der Waals surface area (Å²) < 4.78 is 0. The van der Waals surface area contributed by atoms with Crippen LogP contribution in [0.3, 0.4) is 0 Å². The van der Waals surface area contributed by atoms with Crippen LogP contribution in [0.4, 0.5) is 0 Å². The lowest BCUT2D eigenvalue weighted by molar-refractivity contribution is 5.75. The van der Waals surface area contributed by atoms with E-state index in [0.717, 1.165) is 0 Å². The molecule has 0 saturated heterocycles. The largest absolute Gasteiger partial charge is 1.00 e. The van der Waals surface area contributed by atoms with E-state index in [4.69, 9.17) is 0 Å². The molecule has 0 N–H and O–H groups in total. The molecule has 4 heavy (non-hydrogen) atoms. The molecule has 0 aromatic carbocycles. The summed E-state index contributed by atoms with van der Waals surface area (Å²) in [6.07, 6.45) is 0. The lowest BCUT2D eigenvalue weighted by Gasteiger charge is -0.148. The smallest absolute Gasteiger partial charge is 0.147 e. The van der Waals surface area contributed by atoms with Gasteiger partial charge in [-0.2, -0.15) is 0 Å². The summed E-state index contributed by atoms with van der Waals surface area (Å²) in [5, 5.41) is 0. The van der Waals surface area contributed by atoms with Crippen LogP contribution in [-0.4, -0.2) is 17.4 Å². The zero-order valence-corrected chi connectivity index (χ0v) is 3.67. The van der Waals surface area contributed by atoms with Crippen molar-refractivity contribution in [3.63, 3.8) is 0 Å². The molecular weight excluding hydrogens is 133 g/mol. The molecule has 0 aliphatic carbocycles. The maximum Gasteiger partial charge on any atom is 1.00 e. The normalized spacial score (nSPS) is 0. The van der Waals surface area contributed by atoms with E-state index in [1.165, 1.54) is 0 Å². The van der Waals surface area contributed by atoms with E-state index in [0.29, 0.717) is 0 Å². The van der Waals surface area contributed by atoms with Gasteiger partial charge in [-0.3, -0.25) is 0 Å². The molecular formula is H7AlCl3+. The minimum absolute atomic E-state index is 0. The third kappa shape index (κ3) is 9.98. The van der Waals surface area contributed by atoms with Crippen molar-refractivity contribution in [2.75, 3.05) is 0 Å². The molecule has 0 heterocycles. The highest BCUT2D eigenvalue weighted by Crippen LogP contribution is 0.692. The Morgan fingerprint density at radius 3 is 0.750 bits per heavy atom. The highest BCUT2D eigenvalue weighted by Gasteiger charge is 0.187. The van der Waals surface area contributed by atoms with Crippen LogP contribution < -0.4 is 0 Å². The Kier molecular flexibility index (Phi) is 345. The number of hydrogen-bond acceptors (Lipinski definition) is 0. The van der Waals surface area contributed by atoms with E-state index in [-0.39, 0.29) is 56.0 Å². The second-order valence-corrected chi connectivity index (χ2v) is 0. The zero-order valence-electron chi connectivity index (χ0n) is 2.22. The molecule has 0 nitrogen and oxygen atoms in total. The van der Waals surface area contributed by atoms with Crippen molar-refractivity contribution in [3.05, 3.63) is 0 Å². The van der Waals surface area contributed by atoms with Crippen LogP contribution in [0.5, 0.6) is 0 Å². The van der Waals surface area contributed by atoms with Crippen molar-refractivity contribution in [3.8, 4) is 0 Å². The number of rotatable bonds is 0. The molecule has 0 amide bonds. The summed E-state index contributed by atoms with van der Waals surface area (Å²) in [7, 11) is 0. The predicted octanol–water partition coefficient (Wildman–Crippen LogP) is 0.194. The summed E-state index contributed by atoms with van der Waals surface area (Å²) in [4.78, 5) is 0. The molecule has 0 fully saturated rings. The van der Waals surface area contributed by atoms with Gasteiger partial charge in [0.1, 0.15) is 0 Å². The van der Waals surface area contributed by atoms with Crippen molar-refractivity contribution < 1.29 is 1.43 Å². The Morgan fingerprint density at radius 1 is 0.750 bits per heavy atom. The van der Waals surface area contributed by atoms with Gasteiger partial charge in [0.15, 0.2) is 17.4 Å². The topological polar surface area (TPSA) is 0 Å². The van der Waals surface area contributed by atoms with E-state index >= 15 is 0 Å². The molecule has 0 saturated carbocycles. The first-order valence-corrected chi connectivity index (χ1v) is 0.